The molecule has 0 unspecified atom stereocenters. The summed E-state index contributed by atoms with van der Waals surface area (Å²) in [6.45, 7) is 1.95. The number of benzene rings is 2. The first-order chi connectivity index (χ1) is 12.9. The molecule has 2 aromatic carbocycles. The first-order valence-electron chi connectivity index (χ1n) is 8.59. The maximum atomic E-state index is 13.3. The SMILES string of the molecule is Cc1ccc([C@]2(O)CSC3=C(C#N)[C@H](c4ccc(F)cc4)CC(=O)N32)cc1. The van der Waals surface area contributed by atoms with Gasteiger partial charge in [0.05, 0.1) is 22.4 Å². The van der Waals surface area contributed by atoms with Crippen LogP contribution in [0.5, 0.6) is 0 Å². The Kier molecular flexibility index (Phi) is 4.29. The van der Waals surface area contributed by atoms with Gasteiger partial charge < -0.3 is 5.11 Å². The molecule has 1 saturated heterocycles. The van der Waals surface area contributed by atoms with Gasteiger partial charge in [-0.1, -0.05) is 42.0 Å². The summed E-state index contributed by atoms with van der Waals surface area (Å²) in [6, 6.07) is 15.5. The van der Waals surface area contributed by atoms with Crippen molar-refractivity contribution in [1.82, 2.24) is 4.90 Å². The number of hydrogen-bond donors (Lipinski definition) is 1. The van der Waals surface area contributed by atoms with Gasteiger partial charge in [0.2, 0.25) is 5.91 Å². The number of amides is 1. The number of fused-ring (bicyclic) bond motifs is 1. The molecule has 27 heavy (non-hydrogen) atoms. The molecule has 6 heteroatoms. The zero-order valence-electron chi connectivity index (χ0n) is 14.6. The zero-order valence-corrected chi connectivity index (χ0v) is 15.5. The van der Waals surface area contributed by atoms with E-state index in [-0.39, 0.29) is 23.9 Å². The number of nitriles is 1. The molecule has 2 heterocycles. The average Bonchev–Trinajstić information content (AvgIpc) is 3.02. The third-order valence-corrected chi connectivity index (χ3v) is 6.32. The van der Waals surface area contributed by atoms with Crippen molar-refractivity contribution in [1.29, 1.82) is 5.26 Å². The molecule has 1 N–H and O–H groups in total. The molecule has 2 aromatic rings. The van der Waals surface area contributed by atoms with Crippen LogP contribution in [0.1, 0.15) is 29.0 Å². The topological polar surface area (TPSA) is 64.3 Å². The molecular weight excluding hydrogens is 363 g/mol. The highest BCUT2D eigenvalue weighted by Crippen LogP contribution is 2.51. The third kappa shape index (κ3) is 2.84. The van der Waals surface area contributed by atoms with E-state index in [1.54, 1.807) is 12.1 Å². The van der Waals surface area contributed by atoms with E-state index in [4.69, 9.17) is 0 Å². The quantitative estimate of drug-likeness (QED) is 0.861. The molecule has 0 spiro atoms. The molecular formula is C21H17FN2O2S. The predicted octanol–water partition coefficient (Wildman–Crippen LogP) is 3.78. The van der Waals surface area contributed by atoms with E-state index in [1.165, 1.54) is 28.8 Å². The van der Waals surface area contributed by atoms with Crippen LogP contribution in [0.25, 0.3) is 0 Å². The zero-order chi connectivity index (χ0) is 19.2. The Bertz CT molecular complexity index is 979. The number of allylic oxidation sites excluding steroid dienone is 1. The molecule has 2 atom stereocenters. The van der Waals surface area contributed by atoms with Crippen molar-refractivity contribution < 1.29 is 14.3 Å². The van der Waals surface area contributed by atoms with Crippen LogP contribution in [-0.2, 0) is 10.5 Å². The highest BCUT2D eigenvalue weighted by atomic mass is 32.2. The van der Waals surface area contributed by atoms with Crippen molar-refractivity contribution >= 4 is 17.7 Å². The Morgan fingerprint density at radius 3 is 2.52 bits per heavy atom. The number of halogens is 1. The lowest BCUT2D eigenvalue weighted by Crippen LogP contribution is -2.48. The number of nitrogens with zero attached hydrogens (tertiary/aromatic N) is 2. The number of thioether (sulfide) groups is 1. The summed E-state index contributed by atoms with van der Waals surface area (Å²) >= 11 is 1.31. The molecule has 1 fully saturated rings. The number of hydrogen-bond acceptors (Lipinski definition) is 4. The molecule has 0 aromatic heterocycles. The standard InChI is InChI=1S/C21H17FN2O2S/c1-13-2-6-15(7-3-13)21(26)12-27-20-18(11-23)17(10-19(25)24(20)21)14-4-8-16(22)9-5-14/h2-9,17,26H,10,12H2,1H3/t17-,21+/m0/s1. The highest BCUT2D eigenvalue weighted by molar-refractivity contribution is 8.03. The van der Waals surface area contributed by atoms with Crippen LogP contribution >= 0.6 is 11.8 Å². The number of aliphatic hydroxyl groups is 1. The van der Waals surface area contributed by atoms with Gasteiger partial charge in [-0.2, -0.15) is 5.26 Å². The van der Waals surface area contributed by atoms with E-state index >= 15 is 0 Å². The van der Waals surface area contributed by atoms with Gasteiger partial charge in [-0.25, -0.2) is 4.39 Å². The van der Waals surface area contributed by atoms with Crippen molar-refractivity contribution in [3.8, 4) is 6.07 Å². The Balaban J connectivity index is 1.79. The maximum absolute atomic E-state index is 13.3. The Labute approximate surface area is 160 Å². The van der Waals surface area contributed by atoms with Crippen LogP contribution in [0, 0.1) is 24.1 Å². The van der Waals surface area contributed by atoms with Gasteiger partial charge in [0, 0.05) is 17.9 Å². The average molecular weight is 380 g/mol. The van der Waals surface area contributed by atoms with E-state index in [0.29, 0.717) is 16.2 Å². The van der Waals surface area contributed by atoms with Crippen LogP contribution in [-0.4, -0.2) is 21.7 Å². The monoisotopic (exact) mass is 380 g/mol. The van der Waals surface area contributed by atoms with Crippen LogP contribution < -0.4 is 0 Å². The second-order valence-electron chi connectivity index (χ2n) is 6.84. The van der Waals surface area contributed by atoms with Crippen LogP contribution in [0.15, 0.2) is 59.1 Å². The van der Waals surface area contributed by atoms with Gasteiger partial charge in [-0.15, -0.1) is 11.8 Å². The molecule has 4 rings (SSSR count). The summed E-state index contributed by atoms with van der Waals surface area (Å²) in [5.41, 5.74) is 1.37. The second-order valence-corrected chi connectivity index (χ2v) is 7.80. The normalized spacial score (nSPS) is 24.7. The molecule has 1 amide bonds. The first-order valence-corrected chi connectivity index (χ1v) is 9.57. The predicted molar refractivity (Wildman–Crippen MR) is 101 cm³/mol. The Morgan fingerprint density at radius 1 is 1.22 bits per heavy atom. The van der Waals surface area contributed by atoms with Crippen LogP contribution in [0.4, 0.5) is 4.39 Å². The summed E-state index contributed by atoms with van der Waals surface area (Å²) in [5.74, 6) is -0.773. The molecule has 0 saturated carbocycles. The number of carbonyl (C=O) groups excluding carboxylic acids is 1. The van der Waals surface area contributed by atoms with E-state index in [1.807, 2.05) is 31.2 Å². The largest absolute Gasteiger partial charge is 0.366 e. The van der Waals surface area contributed by atoms with E-state index in [2.05, 4.69) is 6.07 Å². The van der Waals surface area contributed by atoms with Gasteiger partial charge in [0.15, 0.2) is 5.72 Å². The number of rotatable bonds is 2. The Morgan fingerprint density at radius 2 is 1.89 bits per heavy atom. The van der Waals surface area contributed by atoms with Crippen molar-refractivity contribution in [2.45, 2.75) is 25.0 Å². The smallest absolute Gasteiger partial charge is 0.231 e. The lowest BCUT2D eigenvalue weighted by Gasteiger charge is -2.38. The van der Waals surface area contributed by atoms with Gasteiger partial charge in [0.1, 0.15) is 5.82 Å². The van der Waals surface area contributed by atoms with Gasteiger partial charge >= 0.3 is 0 Å². The fourth-order valence-electron chi connectivity index (χ4n) is 3.64. The summed E-state index contributed by atoms with van der Waals surface area (Å²) in [6.07, 6.45) is 0.0623. The minimum absolute atomic E-state index is 0.0623. The highest BCUT2D eigenvalue weighted by Gasteiger charge is 2.51. The first kappa shape index (κ1) is 17.8. The second kappa shape index (κ2) is 6.52. The molecule has 2 aliphatic rings. The summed E-state index contributed by atoms with van der Waals surface area (Å²) in [5, 5.41) is 21.6. The molecule has 0 aliphatic carbocycles. The van der Waals surface area contributed by atoms with Crippen LogP contribution in [0.2, 0.25) is 0 Å². The Hall–Kier alpha value is -2.62. The molecule has 0 radical (unpaired) electrons. The van der Waals surface area contributed by atoms with E-state index < -0.39 is 11.6 Å². The van der Waals surface area contributed by atoms with Gasteiger partial charge in [-0.05, 0) is 24.6 Å². The maximum Gasteiger partial charge on any atom is 0.231 e. The number of aryl methyl sites for hydroxylation is 1. The fraction of sp³-hybridized carbons (Fsp3) is 0.238. The molecule has 4 nitrogen and oxygen atoms in total. The third-order valence-electron chi connectivity index (χ3n) is 5.10. The van der Waals surface area contributed by atoms with Crippen molar-refractivity contribution in [3.05, 3.63) is 81.6 Å². The van der Waals surface area contributed by atoms with E-state index in [0.717, 1.165) is 11.1 Å². The van der Waals surface area contributed by atoms with Crippen molar-refractivity contribution in [2.75, 3.05) is 5.75 Å². The summed E-state index contributed by atoms with van der Waals surface area (Å²) < 4.78 is 13.3. The molecule has 2 aliphatic heterocycles. The van der Waals surface area contributed by atoms with Crippen molar-refractivity contribution in [3.63, 3.8) is 0 Å². The van der Waals surface area contributed by atoms with Gasteiger partial charge in [0.25, 0.3) is 0 Å². The van der Waals surface area contributed by atoms with Gasteiger partial charge in [-0.3, -0.25) is 9.69 Å². The molecule has 0 bridgehead atoms. The number of carbonyl (C=O) groups is 1. The minimum Gasteiger partial charge on any atom is -0.366 e. The van der Waals surface area contributed by atoms with E-state index in [9.17, 15) is 19.6 Å². The molecule has 136 valence electrons. The lowest BCUT2D eigenvalue weighted by molar-refractivity contribution is -0.149. The lowest BCUT2D eigenvalue weighted by atomic mass is 9.85. The van der Waals surface area contributed by atoms with Crippen molar-refractivity contribution in [2.24, 2.45) is 0 Å². The summed E-state index contributed by atoms with van der Waals surface area (Å²) in [7, 11) is 0. The van der Waals surface area contributed by atoms with Crippen LogP contribution in [0.3, 0.4) is 0 Å². The fourth-order valence-corrected chi connectivity index (χ4v) is 5.00. The minimum atomic E-state index is -1.47. The summed E-state index contributed by atoms with van der Waals surface area (Å²) in [4.78, 5) is 14.3.